The number of benzene rings is 1. The van der Waals surface area contributed by atoms with Crippen molar-refractivity contribution in [2.45, 2.75) is 33.6 Å². The Balaban J connectivity index is 1.75. The van der Waals surface area contributed by atoms with Crippen LogP contribution < -0.4 is 10.1 Å². The minimum absolute atomic E-state index is 0.0973. The number of amides is 1. The fourth-order valence-electron chi connectivity index (χ4n) is 2.78. The number of aryl methyl sites for hydroxylation is 2. The Hall–Kier alpha value is -1.55. The molecule has 0 aliphatic carbocycles. The van der Waals surface area contributed by atoms with Gasteiger partial charge in [-0.05, 0) is 69.0 Å². The SMILES string of the molecule is CCNCC1CCN(C(=O)COc2ccc(C)c(C)c2)CC1. The van der Waals surface area contributed by atoms with E-state index in [0.29, 0.717) is 5.92 Å². The van der Waals surface area contributed by atoms with Crippen molar-refractivity contribution < 1.29 is 9.53 Å². The third-order valence-corrected chi connectivity index (χ3v) is 4.49. The van der Waals surface area contributed by atoms with Crippen LogP contribution in [0.4, 0.5) is 0 Å². The molecular formula is C18H28N2O2. The van der Waals surface area contributed by atoms with E-state index in [4.69, 9.17) is 4.74 Å². The second-order valence-electron chi connectivity index (χ2n) is 6.17. The molecule has 122 valence electrons. The average Bonchev–Trinajstić information content (AvgIpc) is 2.54. The van der Waals surface area contributed by atoms with Gasteiger partial charge in [-0.25, -0.2) is 0 Å². The van der Waals surface area contributed by atoms with Crippen molar-refractivity contribution in [3.63, 3.8) is 0 Å². The summed E-state index contributed by atoms with van der Waals surface area (Å²) in [5.41, 5.74) is 2.43. The first-order valence-electron chi connectivity index (χ1n) is 8.28. The fraction of sp³-hybridized carbons (Fsp3) is 0.611. The maximum absolute atomic E-state index is 12.2. The molecule has 0 spiro atoms. The Labute approximate surface area is 133 Å². The Kier molecular flexibility index (Phi) is 6.25. The number of nitrogens with zero attached hydrogens (tertiary/aromatic N) is 1. The summed E-state index contributed by atoms with van der Waals surface area (Å²) in [5, 5.41) is 3.39. The zero-order chi connectivity index (χ0) is 15.9. The smallest absolute Gasteiger partial charge is 0.260 e. The molecular weight excluding hydrogens is 276 g/mol. The quantitative estimate of drug-likeness (QED) is 0.878. The summed E-state index contributed by atoms with van der Waals surface area (Å²) in [6, 6.07) is 5.95. The summed E-state index contributed by atoms with van der Waals surface area (Å²) in [6.45, 7) is 10.2. The van der Waals surface area contributed by atoms with Crippen molar-refractivity contribution in [3.05, 3.63) is 29.3 Å². The molecule has 0 bridgehead atoms. The van der Waals surface area contributed by atoms with Gasteiger partial charge in [0.1, 0.15) is 5.75 Å². The number of hydrogen-bond donors (Lipinski definition) is 1. The van der Waals surface area contributed by atoms with Gasteiger partial charge in [0.25, 0.3) is 5.91 Å². The number of hydrogen-bond acceptors (Lipinski definition) is 3. The number of rotatable bonds is 6. The first kappa shape index (κ1) is 16.8. The van der Waals surface area contributed by atoms with Crippen LogP contribution in [0, 0.1) is 19.8 Å². The third-order valence-electron chi connectivity index (χ3n) is 4.49. The molecule has 0 unspecified atom stereocenters. The lowest BCUT2D eigenvalue weighted by molar-refractivity contribution is -0.134. The lowest BCUT2D eigenvalue weighted by Crippen LogP contribution is -2.42. The Morgan fingerprint density at radius 3 is 2.64 bits per heavy atom. The van der Waals surface area contributed by atoms with Crippen LogP contribution in [-0.2, 0) is 4.79 Å². The van der Waals surface area contributed by atoms with Crippen molar-refractivity contribution in [1.29, 1.82) is 0 Å². The predicted octanol–water partition coefficient (Wildman–Crippen LogP) is 2.53. The summed E-state index contributed by atoms with van der Waals surface area (Å²) in [7, 11) is 0. The molecule has 0 saturated carbocycles. The van der Waals surface area contributed by atoms with E-state index in [-0.39, 0.29) is 12.5 Å². The minimum Gasteiger partial charge on any atom is -0.484 e. The Morgan fingerprint density at radius 1 is 1.27 bits per heavy atom. The summed E-state index contributed by atoms with van der Waals surface area (Å²) in [5.74, 6) is 1.57. The van der Waals surface area contributed by atoms with Crippen LogP contribution in [-0.4, -0.2) is 43.6 Å². The Bertz CT molecular complexity index is 494. The van der Waals surface area contributed by atoms with Gasteiger partial charge in [-0.1, -0.05) is 13.0 Å². The topological polar surface area (TPSA) is 41.6 Å². The molecule has 1 aromatic rings. The van der Waals surface area contributed by atoms with Gasteiger partial charge in [-0.2, -0.15) is 0 Å². The lowest BCUT2D eigenvalue weighted by atomic mass is 9.97. The molecule has 4 heteroatoms. The van der Waals surface area contributed by atoms with Crippen LogP contribution in [0.2, 0.25) is 0 Å². The molecule has 1 aromatic carbocycles. The molecule has 22 heavy (non-hydrogen) atoms. The molecule has 1 amide bonds. The first-order valence-corrected chi connectivity index (χ1v) is 8.28. The molecule has 2 rings (SSSR count). The normalized spacial score (nSPS) is 15.9. The largest absolute Gasteiger partial charge is 0.484 e. The van der Waals surface area contributed by atoms with Crippen LogP contribution in [0.5, 0.6) is 5.75 Å². The molecule has 0 atom stereocenters. The molecule has 1 heterocycles. The monoisotopic (exact) mass is 304 g/mol. The highest BCUT2D eigenvalue weighted by Crippen LogP contribution is 2.18. The highest BCUT2D eigenvalue weighted by atomic mass is 16.5. The second-order valence-corrected chi connectivity index (χ2v) is 6.17. The van der Waals surface area contributed by atoms with Crippen molar-refractivity contribution in [3.8, 4) is 5.75 Å². The third kappa shape index (κ3) is 4.73. The minimum atomic E-state index is 0.0973. The van der Waals surface area contributed by atoms with E-state index in [1.807, 2.05) is 23.1 Å². The average molecular weight is 304 g/mol. The van der Waals surface area contributed by atoms with Crippen molar-refractivity contribution in [2.24, 2.45) is 5.92 Å². The van der Waals surface area contributed by atoms with Gasteiger partial charge in [0.2, 0.25) is 0 Å². The molecule has 1 saturated heterocycles. The highest BCUT2D eigenvalue weighted by Gasteiger charge is 2.22. The molecule has 1 aliphatic rings. The molecule has 0 aromatic heterocycles. The molecule has 1 fully saturated rings. The van der Waals surface area contributed by atoms with E-state index >= 15 is 0 Å². The van der Waals surface area contributed by atoms with Gasteiger partial charge in [0.15, 0.2) is 6.61 Å². The van der Waals surface area contributed by atoms with Crippen LogP contribution in [0.15, 0.2) is 18.2 Å². The number of piperidine rings is 1. The van der Waals surface area contributed by atoms with Crippen LogP contribution in [0.3, 0.4) is 0 Å². The zero-order valence-electron chi connectivity index (χ0n) is 14.0. The van der Waals surface area contributed by atoms with Gasteiger partial charge in [0.05, 0.1) is 0 Å². The van der Waals surface area contributed by atoms with Crippen LogP contribution in [0.25, 0.3) is 0 Å². The maximum atomic E-state index is 12.2. The van der Waals surface area contributed by atoms with Crippen LogP contribution >= 0.6 is 0 Å². The van der Waals surface area contributed by atoms with Crippen molar-refractivity contribution in [2.75, 3.05) is 32.8 Å². The highest BCUT2D eigenvalue weighted by molar-refractivity contribution is 5.77. The van der Waals surface area contributed by atoms with Gasteiger partial charge >= 0.3 is 0 Å². The van der Waals surface area contributed by atoms with E-state index in [2.05, 4.69) is 26.1 Å². The van der Waals surface area contributed by atoms with Gasteiger partial charge in [-0.15, -0.1) is 0 Å². The van der Waals surface area contributed by atoms with Gasteiger partial charge < -0.3 is 15.0 Å². The van der Waals surface area contributed by atoms with Gasteiger partial charge in [-0.3, -0.25) is 4.79 Å². The standard InChI is InChI=1S/C18H28N2O2/c1-4-19-12-16-7-9-20(10-8-16)18(21)13-22-17-6-5-14(2)15(3)11-17/h5-6,11,16,19H,4,7-10,12-13H2,1-3H3. The number of likely N-dealkylation sites (tertiary alicyclic amines) is 1. The Morgan fingerprint density at radius 2 is 2.00 bits per heavy atom. The summed E-state index contributed by atoms with van der Waals surface area (Å²) in [4.78, 5) is 14.2. The molecule has 1 aliphatic heterocycles. The first-order chi connectivity index (χ1) is 10.6. The molecule has 4 nitrogen and oxygen atoms in total. The number of nitrogens with one attached hydrogen (secondary N) is 1. The summed E-state index contributed by atoms with van der Waals surface area (Å²) >= 11 is 0. The lowest BCUT2D eigenvalue weighted by Gasteiger charge is -2.32. The predicted molar refractivity (Wildman–Crippen MR) is 89.3 cm³/mol. The maximum Gasteiger partial charge on any atom is 0.260 e. The number of carbonyl (C=O) groups is 1. The van der Waals surface area contributed by atoms with Gasteiger partial charge in [0, 0.05) is 13.1 Å². The van der Waals surface area contributed by atoms with Crippen molar-refractivity contribution in [1.82, 2.24) is 10.2 Å². The van der Waals surface area contributed by atoms with Crippen molar-refractivity contribution >= 4 is 5.91 Å². The van der Waals surface area contributed by atoms with E-state index in [9.17, 15) is 4.79 Å². The summed E-state index contributed by atoms with van der Waals surface area (Å²) in [6.07, 6.45) is 2.17. The number of ether oxygens (including phenoxy) is 1. The van der Waals surface area contributed by atoms with E-state index in [1.165, 1.54) is 11.1 Å². The fourth-order valence-corrected chi connectivity index (χ4v) is 2.78. The zero-order valence-corrected chi connectivity index (χ0v) is 14.0. The molecule has 1 N–H and O–H groups in total. The number of carbonyl (C=O) groups excluding carboxylic acids is 1. The van der Waals surface area contributed by atoms with E-state index < -0.39 is 0 Å². The summed E-state index contributed by atoms with van der Waals surface area (Å²) < 4.78 is 5.65. The molecule has 0 radical (unpaired) electrons. The van der Waals surface area contributed by atoms with E-state index in [0.717, 1.165) is 44.8 Å². The van der Waals surface area contributed by atoms with Crippen LogP contribution in [0.1, 0.15) is 30.9 Å². The second kappa shape index (κ2) is 8.18. The van der Waals surface area contributed by atoms with E-state index in [1.54, 1.807) is 0 Å².